The Morgan fingerprint density at radius 1 is 1.14 bits per heavy atom. The first-order valence-electron chi connectivity index (χ1n) is 7.25. The van der Waals surface area contributed by atoms with E-state index in [9.17, 15) is 4.79 Å². The van der Waals surface area contributed by atoms with Crippen LogP contribution in [0.4, 0.5) is 0 Å². The Morgan fingerprint density at radius 2 is 2.00 bits per heavy atom. The van der Waals surface area contributed by atoms with Gasteiger partial charge in [0, 0.05) is 6.42 Å². The highest BCUT2D eigenvalue weighted by molar-refractivity contribution is 7.08. The van der Waals surface area contributed by atoms with Gasteiger partial charge in [-0.25, -0.2) is 0 Å². The van der Waals surface area contributed by atoms with Crippen LogP contribution < -0.4 is 0 Å². The van der Waals surface area contributed by atoms with Crippen molar-refractivity contribution in [2.75, 3.05) is 6.54 Å². The smallest absolute Gasteiger partial charge is 0.159 e. The van der Waals surface area contributed by atoms with Gasteiger partial charge in [-0.1, -0.05) is 24.3 Å². The summed E-state index contributed by atoms with van der Waals surface area (Å²) in [5.41, 5.74) is 3.52. The summed E-state index contributed by atoms with van der Waals surface area (Å²) in [4.78, 5) is 18.8. The number of nitrogens with zero attached hydrogens (tertiary/aromatic N) is 2. The summed E-state index contributed by atoms with van der Waals surface area (Å²) in [5.74, 6) is 0.308. The van der Waals surface area contributed by atoms with Crippen LogP contribution in [-0.4, -0.2) is 29.6 Å². The monoisotopic (exact) mass is 296 g/mol. The van der Waals surface area contributed by atoms with Gasteiger partial charge < -0.3 is 4.90 Å². The van der Waals surface area contributed by atoms with Crippen molar-refractivity contribution in [2.45, 2.75) is 24.9 Å². The Balaban J connectivity index is 1.66. The summed E-state index contributed by atoms with van der Waals surface area (Å²) in [6.07, 6.45) is 3.46. The number of Topliss-reactive ketones (excluding diaryl/α,β-unsaturated/α-hetero) is 1. The first-order chi connectivity index (χ1) is 10.3. The van der Waals surface area contributed by atoms with E-state index in [-0.39, 0.29) is 6.04 Å². The molecule has 1 saturated heterocycles. The van der Waals surface area contributed by atoms with Crippen LogP contribution in [0.3, 0.4) is 0 Å². The van der Waals surface area contributed by atoms with Crippen molar-refractivity contribution in [3.05, 3.63) is 46.7 Å². The minimum Gasteiger partial charge on any atom is -0.344 e. The average Bonchev–Trinajstić information content (AvgIpc) is 3.19. The lowest BCUT2D eigenvalue weighted by Gasteiger charge is -2.36. The van der Waals surface area contributed by atoms with Crippen molar-refractivity contribution < 1.29 is 4.79 Å². The third-order valence-electron chi connectivity index (χ3n) is 4.36. The molecule has 3 heterocycles. The first-order valence-corrected chi connectivity index (χ1v) is 8.20. The predicted molar refractivity (Wildman–Crippen MR) is 85.7 cm³/mol. The minimum atomic E-state index is -0.147. The average molecular weight is 296 g/mol. The molecule has 1 aromatic carbocycles. The van der Waals surface area contributed by atoms with E-state index in [1.165, 1.54) is 11.1 Å². The number of carbonyl (C=O) groups is 1. The number of aliphatic imine (C=N–C) groups is 1. The summed E-state index contributed by atoms with van der Waals surface area (Å²) in [6, 6.07) is 10.8. The van der Waals surface area contributed by atoms with Gasteiger partial charge in [-0.2, -0.15) is 11.3 Å². The Morgan fingerprint density at radius 3 is 2.76 bits per heavy atom. The van der Waals surface area contributed by atoms with E-state index in [1.807, 2.05) is 6.34 Å². The molecule has 2 aromatic rings. The standard InChI is InChI=1S/C17H16N2OS/c20-16-6-5-15-9-18-11-19(15)17(16)13-3-1-12(2-4-13)14-7-8-21-10-14/h1-4,7-8,10-11,15,17H,5-6,9H2. The Hall–Kier alpha value is -1.94. The molecular weight excluding hydrogens is 280 g/mol. The molecule has 0 spiro atoms. The highest BCUT2D eigenvalue weighted by atomic mass is 32.1. The SMILES string of the molecule is O=C1CCC2CN=CN2C1c1ccc(-c2ccsc2)cc1. The Bertz CT molecular complexity index is 675. The van der Waals surface area contributed by atoms with Crippen molar-refractivity contribution in [3.8, 4) is 11.1 Å². The molecule has 21 heavy (non-hydrogen) atoms. The molecule has 2 unspecified atom stereocenters. The maximum Gasteiger partial charge on any atom is 0.159 e. The normalized spacial score (nSPS) is 24.4. The van der Waals surface area contributed by atoms with Crippen LogP contribution in [0.1, 0.15) is 24.4 Å². The number of ketones is 1. The van der Waals surface area contributed by atoms with Gasteiger partial charge in [0.1, 0.15) is 6.04 Å². The molecule has 4 rings (SSSR count). The Labute approximate surface area is 127 Å². The summed E-state index contributed by atoms with van der Waals surface area (Å²) in [7, 11) is 0. The van der Waals surface area contributed by atoms with Gasteiger partial charge in [-0.05, 0) is 39.9 Å². The van der Waals surface area contributed by atoms with E-state index in [1.54, 1.807) is 11.3 Å². The zero-order valence-corrected chi connectivity index (χ0v) is 12.4. The number of benzene rings is 1. The molecule has 106 valence electrons. The van der Waals surface area contributed by atoms with Crippen molar-refractivity contribution in [3.63, 3.8) is 0 Å². The quantitative estimate of drug-likeness (QED) is 0.849. The minimum absolute atomic E-state index is 0.147. The number of piperidine rings is 1. The van der Waals surface area contributed by atoms with Gasteiger partial charge in [-0.15, -0.1) is 0 Å². The lowest BCUT2D eigenvalue weighted by Crippen LogP contribution is -2.43. The topological polar surface area (TPSA) is 32.7 Å². The number of hydrogen-bond acceptors (Lipinski definition) is 4. The zero-order chi connectivity index (χ0) is 14.2. The van der Waals surface area contributed by atoms with Gasteiger partial charge in [0.05, 0.1) is 18.9 Å². The molecule has 1 fully saturated rings. The summed E-state index contributed by atoms with van der Waals surface area (Å²) in [5, 5.41) is 4.23. The Kier molecular flexibility index (Phi) is 3.11. The highest BCUT2D eigenvalue weighted by Gasteiger charge is 2.37. The largest absolute Gasteiger partial charge is 0.344 e. The second-order valence-electron chi connectivity index (χ2n) is 5.62. The van der Waals surface area contributed by atoms with Gasteiger partial charge in [0.25, 0.3) is 0 Å². The van der Waals surface area contributed by atoms with Crippen molar-refractivity contribution in [2.24, 2.45) is 4.99 Å². The van der Waals surface area contributed by atoms with Crippen LogP contribution in [0.15, 0.2) is 46.1 Å². The van der Waals surface area contributed by atoms with Gasteiger partial charge in [0.2, 0.25) is 0 Å². The van der Waals surface area contributed by atoms with Crippen LogP contribution in [0.5, 0.6) is 0 Å². The highest BCUT2D eigenvalue weighted by Crippen LogP contribution is 2.34. The van der Waals surface area contributed by atoms with E-state index in [2.05, 4.69) is 51.0 Å². The zero-order valence-electron chi connectivity index (χ0n) is 11.6. The van der Waals surface area contributed by atoms with Crippen LogP contribution in [0, 0.1) is 0 Å². The molecule has 0 N–H and O–H groups in total. The molecule has 0 saturated carbocycles. The molecule has 1 aromatic heterocycles. The molecule has 0 aliphatic carbocycles. The van der Waals surface area contributed by atoms with Crippen molar-refractivity contribution in [1.29, 1.82) is 0 Å². The lowest BCUT2D eigenvalue weighted by atomic mass is 9.90. The van der Waals surface area contributed by atoms with E-state index in [0.29, 0.717) is 18.2 Å². The fraction of sp³-hybridized carbons (Fsp3) is 0.294. The predicted octanol–water partition coefficient (Wildman–Crippen LogP) is 3.53. The second kappa shape index (κ2) is 5.11. The lowest BCUT2D eigenvalue weighted by molar-refractivity contribution is -0.126. The molecule has 2 atom stereocenters. The number of thiophene rings is 1. The summed E-state index contributed by atoms with van der Waals surface area (Å²) >= 11 is 1.70. The van der Waals surface area contributed by atoms with Crippen LogP contribution in [0.2, 0.25) is 0 Å². The van der Waals surface area contributed by atoms with Crippen LogP contribution >= 0.6 is 11.3 Å². The number of fused-ring (bicyclic) bond motifs is 1. The van der Waals surface area contributed by atoms with Gasteiger partial charge in [-0.3, -0.25) is 9.79 Å². The van der Waals surface area contributed by atoms with Crippen LogP contribution in [-0.2, 0) is 4.79 Å². The van der Waals surface area contributed by atoms with E-state index < -0.39 is 0 Å². The fourth-order valence-corrected chi connectivity index (χ4v) is 3.89. The number of carbonyl (C=O) groups excluding carboxylic acids is 1. The molecule has 0 bridgehead atoms. The van der Waals surface area contributed by atoms with Gasteiger partial charge >= 0.3 is 0 Å². The number of rotatable bonds is 2. The molecule has 3 nitrogen and oxygen atoms in total. The van der Waals surface area contributed by atoms with Crippen LogP contribution in [0.25, 0.3) is 11.1 Å². The molecule has 4 heteroatoms. The molecular formula is C17H16N2OS. The maximum absolute atomic E-state index is 12.3. The first kappa shape index (κ1) is 12.8. The molecule has 2 aliphatic heterocycles. The van der Waals surface area contributed by atoms with Crippen molar-refractivity contribution in [1.82, 2.24) is 4.90 Å². The maximum atomic E-state index is 12.3. The summed E-state index contributed by atoms with van der Waals surface area (Å²) < 4.78 is 0. The summed E-state index contributed by atoms with van der Waals surface area (Å²) in [6.45, 7) is 0.830. The number of hydrogen-bond donors (Lipinski definition) is 0. The third-order valence-corrected chi connectivity index (χ3v) is 5.04. The van der Waals surface area contributed by atoms with E-state index in [4.69, 9.17) is 0 Å². The van der Waals surface area contributed by atoms with Gasteiger partial charge in [0.15, 0.2) is 5.78 Å². The van der Waals surface area contributed by atoms with Crippen molar-refractivity contribution >= 4 is 23.5 Å². The van der Waals surface area contributed by atoms with E-state index in [0.717, 1.165) is 18.5 Å². The molecule has 0 radical (unpaired) electrons. The van der Waals surface area contributed by atoms with E-state index >= 15 is 0 Å². The third kappa shape index (κ3) is 2.20. The molecule has 0 amide bonds. The molecule has 2 aliphatic rings. The second-order valence-corrected chi connectivity index (χ2v) is 6.40. The fourth-order valence-electron chi connectivity index (χ4n) is 3.23.